The third-order valence-corrected chi connectivity index (χ3v) is 5.47. The second-order valence-electron chi connectivity index (χ2n) is 7.41. The Labute approximate surface area is 142 Å². The zero-order valence-corrected chi connectivity index (χ0v) is 15.9. The summed E-state index contributed by atoms with van der Waals surface area (Å²) < 4.78 is 0. The number of rotatable bonds is 13. The van der Waals surface area contributed by atoms with E-state index < -0.39 is 11.5 Å². The van der Waals surface area contributed by atoms with Crippen molar-refractivity contribution in [1.82, 2.24) is 0 Å². The Hall–Kier alpha value is -0.220. The Morgan fingerprint density at radius 3 is 1.91 bits per heavy atom. The molecule has 0 amide bonds. The molecule has 0 aromatic carbocycles. The highest BCUT2D eigenvalue weighted by molar-refractivity contribution is 7.80. The standard InChI is InChI=1S/C18H37NO2S/c1-5-14(2)8-6-9-15(3)10-7-11-16(4)12-18(19,13-22)17(20)21/h14-16,22H,5-13,19H2,1-4H3,(H,20,21). The van der Waals surface area contributed by atoms with E-state index in [1.807, 2.05) is 0 Å². The number of hydrogen-bond acceptors (Lipinski definition) is 3. The lowest BCUT2D eigenvalue weighted by Crippen LogP contribution is -2.51. The largest absolute Gasteiger partial charge is 0.480 e. The molecule has 0 aromatic heterocycles. The van der Waals surface area contributed by atoms with Crippen LogP contribution in [0.2, 0.25) is 0 Å². The Morgan fingerprint density at radius 2 is 1.50 bits per heavy atom. The summed E-state index contributed by atoms with van der Waals surface area (Å²) >= 11 is 4.10. The van der Waals surface area contributed by atoms with Crippen molar-refractivity contribution in [3.63, 3.8) is 0 Å². The molecule has 0 aromatic rings. The average molecular weight is 332 g/mol. The fourth-order valence-corrected chi connectivity index (χ4v) is 3.19. The maximum Gasteiger partial charge on any atom is 0.324 e. The lowest BCUT2D eigenvalue weighted by Gasteiger charge is -2.26. The van der Waals surface area contributed by atoms with E-state index in [-0.39, 0.29) is 5.75 Å². The average Bonchev–Trinajstić information content (AvgIpc) is 2.46. The number of hydrogen-bond donors (Lipinski definition) is 3. The molecular weight excluding hydrogens is 294 g/mol. The van der Waals surface area contributed by atoms with Gasteiger partial charge in [-0.25, -0.2) is 0 Å². The van der Waals surface area contributed by atoms with Gasteiger partial charge in [0.05, 0.1) is 0 Å². The smallest absolute Gasteiger partial charge is 0.324 e. The van der Waals surface area contributed by atoms with Crippen LogP contribution in [0.3, 0.4) is 0 Å². The minimum Gasteiger partial charge on any atom is -0.480 e. The van der Waals surface area contributed by atoms with E-state index in [1.54, 1.807) is 0 Å². The first-order chi connectivity index (χ1) is 10.2. The molecule has 4 heteroatoms. The van der Waals surface area contributed by atoms with Gasteiger partial charge in [-0.1, -0.05) is 72.6 Å². The van der Waals surface area contributed by atoms with Gasteiger partial charge in [-0.05, 0) is 24.2 Å². The fourth-order valence-electron chi connectivity index (χ4n) is 2.92. The first-order valence-corrected chi connectivity index (χ1v) is 9.51. The van der Waals surface area contributed by atoms with E-state index in [0.717, 1.165) is 24.7 Å². The zero-order valence-electron chi connectivity index (χ0n) is 15.0. The molecule has 0 saturated heterocycles. The van der Waals surface area contributed by atoms with Crippen LogP contribution in [-0.2, 0) is 4.79 Å². The molecule has 0 fully saturated rings. The summed E-state index contributed by atoms with van der Waals surface area (Å²) in [6, 6.07) is 0. The molecule has 132 valence electrons. The summed E-state index contributed by atoms with van der Waals surface area (Å²) in [5.41, 5.74) is 4.73. The summed E-state index contributed by atoms with van der Waals surface area (Å²) in [6.07, 6.45) is 9.21. The molecule has 4 atom stereocenters. The van der Waals surface area contributed by atoms with Gasteiger partial charge in [0, 0.05) is 5.75 Å². The van der Waals surface area contributed by atoms with Crippen LogP contribution in [0.5, 0.6) is 0 Å². The summed E-state index contributed by atoms with van der Waals surface area (Å²) in [6.45, 7) is 9.02. The maximum absolute atomic E-state index is 11.2. The van der Waals surface area contributed by atoms with Crippen LogP contribution in [0.1, 0.15) is 79.1 Å². The van der Waals surface area contributed by atoms with Crippen LogP contribution in [0, 0.1) is 17.8 Å². The van der Waals surface area contributed by atoms with Gasteiger partial charge in [-0.15, -0.1) is 0 Å². The van der Waals surface area contributed by atoms with Crippen molar-refractivity contribution in [2.75, 3.05) is 5.75 Å². The van der Waals surface area contributed by atoms with Crippen LogP contribution >= 0.6 is 12.6 Å². The van der Waals surface area contributed by atoms with Crippen molar-refractivity contribution in [2.45, 2.75) is 84.6 Å². The van der Waals surface area contributed by atoms with Gasteiger partial charge in [0.2, 0.25) is 0 Å². The van der Waals surface area contributed by atoms with E-state index in [2.05, 4.69) is 40.3 Å². The molecule has 0 saturated carbocycles. The number of carbonyl (C=O) groups is 1. The molecule has 0 aliphatic heterocycles. The number of nitrogens with two attached hydrogens (primary N) is 1. The van der Waals surface area contributed by atoms with Crippen LogP contribution in [0.15, 0.2) is 0 Å². The Kier molecular flexibility index (Phi) is 11.2. The van der Waals surface area contributed by atoms with Gasteiger partial charge in [0.1, 0.15) is 5.54 Å². The molecular formula is C18H37NO2S. The van der Waals surface area contributed by atoms with E-state index in [1.165, 1.54) is 32.1 Å². The summed E-state index contributed by atoms with van der Waals surface area (Å²) in [7, 11) is 0. The van der Waals surface area contributed by atoms with Gasteiger partial charge in [-0.3, -0.25) is 4.79 Å². The van der Waals surface area contributed by atoms with Crippen LogP contribution in [0.25, 0.3) is 0 Å². The molecule has 0 bridgehead atoms. The third kappa shape index (κ3) is 9.04. The summed E-state index contributed by atoms with van der Waals surface area (Å²) in [4.78, 5) is 11.2. The highest BCUT2D eigenvalue weighted by Crippen LogP contribution is 2.24. The third-order valence-electron chi connectivity index (χ3n) is 4.91. The summed E-state index contributed by atoms with van der Waals surface area (Å²) in [5.74, 6) is 1.21. The van der Waals surface area contributed by atoms with Gasteiger partial charge < -0.3 is 10.8 Å². The predicted octanol–water partition coefficient (Wildman–Crippen LogP) is 4.75. The van der Waals surface area contributed by atoms with Crippen molar-refractivity contribution in [3.8, 4) is 0 Å². The van der Waals surface area contributed by atoms with Gasteiger partial charge in [0.25, 0.3) is 0 Å². The highest BCUT2D eigenvalue weighted by atomic mass is 32.1. The minimum atomic E-state index is -1.18. The number of thiol groups is 1. The van der Waals surface area contributed by atoms with Crippen LogP contribution < -0.4 is 5.73 Å². The van der Waals surface area contributed by atoms with Crippen LogP contribution in [0.4, 0.5) is 0 Å². The second kappa shape index (κ2) is 11.3. The first kappa shape index (κ1) is 21.8. The Balaban J connectivity index is 3.87. The minimum absolute atomic E-state index is 0.193. The normalized spacial score (nSPS) is 18.5. The molecule has 3 nitrogen and oxygen atoms in total. The molecule has 0 rings (SSSR count). The molecule has 0 heterocycles. The number of aliphatic carboxylic acids is 1. The predicted molar refractivity (Wildman–Crippen MR) is 98.5 cm³/mol. The van der Waals surface area contributed by atoms with Crippen molar-refractivity contribution < 1.29 is 9.90 Å². The fraction of sp³-hybridized carbons (Fsp3) is 0.944. The molecule has 3 N–H and O–H groups in total. The monoisotopic (exact) mass is 331 g/mol. The Bertz CT molecular complexity index is 311. The summed E-state index contributed by atoms with van der Waals surface area (Å²) in [5, 5.41) is 9.18. The lowest BCUT2D eigenvalue weighted by molar-refractivity contribution is -0.143. The molecule has 0 radical (unpaired) electrons. The SMILES string of the molecule is CCC(C)CCCC(C)CCCC(C)CC(N)(CS)C(=O)O. The molecule has 0 aliphatic carbocycles. The van der Waals surface area contributed by atoms with E-state index in [9.17, 15) is 9.90 Å². The van der Waals surface area contributed by atoms with Crippen molar-refractivity contribution in [1.29, 1.82) is 0 Å². The van der Waals surface area contributed by atoms with Crippen molar-refractivity contribution >= 4 is 18.6 Å². The van der Waals surface area contributed by atoms with Crippen molar-refractivity contribution in [3.05, 3.63) is 0 Å². The quantitative estimate of drug-likeness (QED) is 0.427. The van der Waals surface area contributed by atoms with Crippen molar-refractivity contribution in [2.24, 2.45) is 23.5 Å². The number of carboxylic acid groups (broad SMARTS) is 1. The van der Waals surface area contributed by atoms with Gasteiger partial charge in [-0.2, -0.15) is 12.6 Å². The Morgan fingerprint density at radius 1 is 1.05 bits per heavy atom. The van der Waals surface area contributed by atoms with Gasteiger partial charge in [0.15, 0.2) is 0 Å². The highest BCUT2D eigenvalue weighted by Gasteiger charge is 2.33. The topological polar surface area (TPSA) is 63.3 Å². The first-order valence-electron chi connectivity index (χ1n) is 8.88. The molecule has 0 aliphatic rings. The molecule has 0 spiro atoms. The van der Waals surface area contributed by atoms with E-state index in [0.29, 0.717) is 12.3 Å². The van der Waals surface area contributed by atoms with Crippen LogP contribution in [-0.4, -0.2) is 22.4 Å². The lowest BCUT2D eigenvalue weighted by atomic mass is 9.86. The maximum atomic E-state index is 11.2. The molecule has 22 heavy (non-hydrogen) atoms. The number of carboxylic acids is 1. The van der Waals surface area contributed by atoms with Gasteiger partial charge >= 0.3 is 5.97 Å². The zero-order chi connectivity index (χ0) is 17.2. The second-order valence-corrected chi connectivity index (χ2v) is 7.73. The van der Waals surface area contributed by atoms with E-state index in [4.69, 9.17) is 5.73 Å². The molecule has 4 unspecified atom stereocenters. The van der Waals surface area contributed by atoms with E-state index >= 15 is 0 Å².